The van der Waals surface area contributed by atoms with Crippen LogP contribution in [0.1, 0.15) is 42.1 Å². The molecule has 2 nitrogen and oxygen atoms in total. The lowest BCUT2D eigenvalue weighted by Gasteiger charge is -2.24. The average Bonchev–Trinajstić information content (AvgIpc) is 3.03. The van der Waals surface area contributed by atoms with Gasteiger partial charge in [-0.25, -0.2) is 0 Å². The zero-order valence-corrected chi connectivity index (χ0v) is 13.9. The van der Waals surface area contributed by atoms with Gasteiger partial charge in [-0.1, -0.05) is 13.0 Å². The molecule has 2 unspecified atom stereocenters. The summed E-state index contributed by atoms with van der Waals surface area (Å²) in [5.74, 6) is 0.515. The number of aromatic nitrogens is 1. The minimum atomic E-state index is 0.404. The van der Waals surface area contributed by atoms with Crippen LogP contribution in [0, 0.1) is 2.88 Å². The van der Waals surface area contributed by atoms with E-state index in [-0.39, 0.29) is 0 Å². The molecular formula is C15H17IN2S. The van der Waals surface area contributed by atoms with Crippen molar-refractivity contribution >= 4 is 33.9 Å². The van der Waals surface area contributed by atoms with Crippen molar-refractivity contribution in [2.75, 3.05) is 6.54 Å². The number of pyridine rings is 1. The van der Waals surface area contributed by atoms with Crippen molar-refractivity contribution in [2.45, 2.75) is 31.7 Å². The first-order valence-electron chi connectivity index (χ1n) is 6.70. The van der Waals surface area contributed by atoms with Gasteiger partial charge < -0.3 is 5.32 Å². The first kappa shape index (κ1) is 13.5. The van der Waals surface area contributed by atoms with Crippen molar-refractivity contribution in [2.24, 2.45) is 0 Å². The molecule has 1 aliphatic rings. The van der Waals surface area contributed by atoms with Crippen LogP contribution in [0.2, 0.25) is 0 Å². The summed E-state index contributed by atoms with van der Waals surface area (Å²) in [6.45, 7) is 3.17. The molecule has 2 aromatic heterocycles. The van der Waals surface area contributed by atoms with Gasteiger partial charge in [0.1, 0.15) is 0 Å². The van der Waals surface area contributed by atoms with E-state index in [1.165, 1.54) is 26.1 Å². The fourth-order valence-corrected chi connectivity index (χ4v) is 4.38. The first-order valence-corrected chi connectivity index (χ1v) is 8.66. The van der Waals surface area contributed by atoms with Crippen LogP contribution in [-0.4, -0.2) is 11.5 Å². The normalized spacial score (nSPS) is 19.4. The van der Waals surface area contributed by atoms with Gasteiger partial charge in [-0.15, -0.1) is 11.3 Å². The van der Waals surface area contributed by atoms with E-state index in [1.54, 1.807) is 0 Å². The highest BCUT2D eigenvalue weighted by Gasteiger charge is 2.31. The third-order valence-electron chi connectivity index (χ3n) is 3.78. The highest BCUT2D eigenvalue weighted by atomic mass is 127. The third kappa shape index (κ3) is 2.71. The Hall–Kier alpha value is -0.460. The van der Waals surface area contributed by atoms with Crippen molar-refractivity contribution in [1.82, 2.24) is 10.3 Å². The van der Waals surface area contributed by atoms with E-state index in [1.807, 2.05) is 17.5 Å². The number of hydrogen-bond acceptors (Lipinski definition) is 3. The number of hydrogen-bond donors (Lipinski definition) is 1. The van der Waals surface area contributed by atoms with Crippen molar-refractivity contribution < 1.29 is 0 Å². The SMILES string of the molecule is CCNC(c1csc(I)c1)C1CCc2cccnc21. The molecule has 0 saturated carbocycles. The minimum absolute atomic E-state index is 0.404. The molecule has 2 heterocycles. The molecule has 0 fully saturated rings. The molecule has 0 amide bonds. The summed E-state index contributed by atoms with van der Waals surface area (Å²) in [6, 6.07) is 6.99. The van der Waals surface area contributed by atoms with Gasteiger partial charge >= 0.3 is 0 Å². The van der Waals surface area contributed by atoms with Gasteiger partial charge in [0, 0.05) is 23.9 Å². The number of likely N-dealkylation sites (N-methyl/N-ethyl adjacent to an activating group) is 1. The monoisotopic (exact) mass is 384 g/mol. The molecule has 0 aromatic carbocycles. The Kier molecular flexibility index (Phi) is 4.19. The maximum atomic E-state index is 4.64. The maximum Gasteiger partial charge on any atom is 0.0656 e. The van der Waals surface area contributed by atoms with Crippen LogP contribution in [-0.2, 0) is 6.42 Å². The molecule has 0 bridgehead atoms. The van der Waals surface area contributed by atoms with Gasteiger partial charge in [0.2, 0.25) is 0 Å². The Balaban J connectivity index is 1.94. The van der Waals surface area contributed by atoms with Gasteiger partial charge in [-0.2, -0.15) is 0 Å². The Morgan fingerprint density at radius 3 is 3.21 bits per heavy atom. The molecule has 1 aliphatic carbocycles. The van der Waals surface area contributed by atoms with E-state index in [2.05, 4.69) is 63.4 Å². The van der Waals surface area contributed by atoms with Crippen LogP contribution < -0.4 is 5.32 Å². The predicted molar refractivity (Wildman–Crippen MR) is 88.8 cm³/mol. The molecule has 1 N–H and O–H groups in total. The lowest BCUT2D eigenvalue weighted by molar-refractivity contribution is 0.448. The van der Waals surface area contributed by atoms with Crippen LogP contribution in [0.5, 0.6) is 0 Å². The van der Waals surface area contributed by atoms with E-state index in [0.717, 1.165) is 13.0 Å². The Morgan fingerprint density at radius 2 is 2.47 bits per heavy atom. The second-order valence-electron chi connectivity index (χ2n) is 4.91. The summed E-state index contributed by atoms with van der Waals surface area (Å²) >= 11 is 4.23. The Labute approximate surface area is 131 Å². The van der Waals surface area contributed by atoms with E-state index in [0.29, 0.717) is 12.0 Å². The van der Waals surface area contributed by atoms with Crippen molar-refractivity contribution in [1.29, 1.82) is 0 Å². The molecule has 3 rings (SSSR count). The molecule has 0 saturated heterocycles. The topological polar surface area (TPSA) is 24.9 Å². The lowest BCUT2D eigenvalue weighted by atomic mass is 9.92. The highest BCUT2D eigenvalue weighted by molar-refractivity contribution is 14.1. The zero-order valence-electron chi connectivity index (χ0n) is 10.9. The third-order valence-corrected chi connectivity index (χ3v) is 5.58. The summed E-state index contributed by atoms with van der Waals surface area (Å²) in [6.07, 6.45) is 4.30. The van der Waals surface area contributed by atoms with Gasteiger partial charge in [-0.3, -0.25) is 4.98 Å². The molecule has 0 aliphatic heterocycles. The van der Waals surface area contributed by atoms with Gasteiger partial charge in [0.25, 0.3) is 0 Å². The van der Waals surface area contributed by atoms with Crippen LogP contribution in [0.15, 0.2) is 29.8 Å². The van der Waals surface area contributed by atoms with E-state index >= 15 is 0 Å². The molecule has 100 valence electrons. The summed E-state index contributed by atoms with van der Waals surface area (Å²) in [4.78, 5) is 4.64. The standard InChI is InChI=1S/C15H17IN2S/c1-2-17-15(11-8-13(16)19-9-11)12-6-5-10-4-3-7-18-14(10)12/h3-4,7-9,12,15,17H,2,5-6H2,1H3. The summed E-state index contributed by atoms with van der Waals surface area (Å²) in [7, 11) is 0. The van der Waals surface area contributed by atoms with Crippen LogP contribution in [0.4, 0.5) is 0 Å². The second-order valence-corrected chi connectivity index (χ2v) is 7.72. The minimum Gasteiger partial charge on any atom is -0.310 e. The zero-order chi connectivity index (χ0) is 13.2. The van der Waals surface area contributed by atoms with Gasteiger partial charge in [0.15, 0.2) is 0 Å². The van der Waals surface area contributed by atoms with Crippen LogP contribution in [0.3, 0.4) is 0 Å². The quantitative estimate of drug-likeness (QED) is 0.802. The average molecular weight is 384 g/mol. The van der Waals surface area contributed by atoms with Crippen molar-refractivity contribution in [3.8, 4) is 0 Å². The summed E-state index contributed by atoms with van der Waals surface area (Å²) < 4.78 is 1.36. The van der Waals surface area contributed by atoms with Crippen molar-refractivity contribution in [3.63, 3.8) is 0 Å². The number of fused-ring (bicyclic) bond motifs is 1. The Morgan fingerprint density at radius 1 is 1.58 bits per heavy atom. The summed E-state index contributed by atoms with van der Waals surface area (Å²) in [5, 5.41) is 5.95. The van der Waals surface area contributed by atoms with E-state index < -0.39 is 0 Å². The number of nitrogens with zero attached hydrogens (tertiary/aromatic N) is 1. The molecule has 0 radical (unpaired) electrons. The van der Waals surface area contributed by atoms with Crippen LogP contribution >= 0.6 is 33.9 Å². The molecule has 2 aromatic rings. The molecule has 4 heteroatoms. The highest BCUT2D eigenvalue weighted by Crippen LogP contribution is 2.41. The van der Waals surface area contributed by atoms with Crippen molar-refractivity contribution in [3.05, 3.63) is 49.5 Å². The lowest BCUT2D eigenvalue weighted by Crippen LogP contribution is -2.26. The number of thiophene rings is 1. The molecular weight excluding hydrogens is 367 g/mol. The number of aryl methyl sites for hydroxylation is 1. The largest absolute Gasteiger partial charge is 0.310 e. The first-order chi connectivity index (χ1) is 9.29. The van der Waals surface area contributed by atoms with E-state index in [9.17, 15) is 0 Å². The molecule has 19 heavy (non-hydrogen) atoms. The van der Waals surface area contributed by atoms with Gasteiger partial charge in [0.05, 0.1) is 2.88 Å². The smallest absolute Gasteiger partial charge is 0.0656 e. The van der Waals surface area contributed by atoms with Crippen LogP contribution in [0.25, 0.3) is 0 Å². The number of rotatable bonds is 4. The fourth-order valence-electron chi connectivity index (χ4n) is 2.97. The predicted octanol–water partition coefficient (Wildman–Crippen LogP) is 4.13. The maximum absolute atomic E-state index is 4.64. The Bertz CT molecular complexity index is 567. The number of nitrogens with one attached hydrogen (secondary N) is 1. The fraction of sp³-hybridized carbons (Fsp3) is 0.400. The summed E-state index contributed by atoms with van der Waals surface area (Å²) in [5.41, 5.74) is 4.15. The van der Waals surface area contributed by atoms with E-state index in [4.69, 9.17) is 0 Å². The van der Waals surface area contributed by atoms with Gasteiger partial charge in [-0.05, 0) is 70.6 Å². The number of halogens is 1. The second kappa shape index (κ2) is 5.89. The molecule has 2 atom stereocenters. The molecule has 0 spiro atoms.